The van der Waals surface area contributed by atoms with Crippen LogP contribution in [0.4, 0.5) is 10.1 Å². The van der Waals surface area contributed by atoms with Gasteiger partial charge in [0.25, 0.3) is 5.91 Å². The van der Waals surface area contributed by atoms with Crippen molar-refractivity contribution in [2.75, 3.05) is 5.32 Å². The molecular weight excluding hydrogens is 403 g/mol. The Morgan fingerprint density at radius 3 is 2.70 bits per heavy atom. The molecule has 0 spiro atoms. The molecule has 0 heterocycles. The fraction of sp³-hybridized carbons (Fsp3) is 0.0833. The van der Waals surface area contributed by atoms with Crippen molar-refractivity contribution in [3.63, 3.8) is 0 Å². The van der Waals surface area contributed by atoms with E-state index in [1.54, 1.807) is 61.5 Å². The largest absolute Gasteiger partial charge is 0.489 e. The van der Waals surface area contributed by atoms with Crippen LogP contribution in [0.1, 0.15) is 16.7 Å². The van der Waals surface area contributed by atoms with Gasteiger partial charge in [0, 0.05) is 10.7 Å². The summed E-state index contributed by atoms with van der Waals surface area (Å²) in [7, 11) is 0. The van der Waals surface area contributed by atoms with Gasteiger partial charge in [0.05, 0.1) is 0 Å². The average molecular weight is 421 g/mol. The molecule has 3 rings (SSSR count). The fourth-order valence-corrected chi connectivity index (χ4v) is 2.91. The molecule has 0 saturated heterocycles. The number of carbonyl (C=O) groups excluding carboxylic acids is 1. The Labute approximate surface area is 179 Å². The van der Waals surface area contributed by atoms with E-state index in [0.29, 0.717) is 27.6 Å². The van der Waals surface area contributed by atoms with E-state index in [2.05, 4.69) is 5.32 Å². The zero-order valence-corrected chi connectivity index (χ0v) is 16.9. The summed E-state index contributed by atoms with van der Waals surface area (Å²) in [5.74, 6) is -0.322. The maximum Gasteiger partial charge on any atom is 0.266 e. The van der Waals surface area contributed by atoms with Crippen molar-refractivity contribution in [1.82, 2.24) is 0 Å². The number of nitrogens with one attached hydrogen (secondary N) is 1. The standard InChI is InChI=1S/C24H18ClFN2O2/c1-16-22(25)9-4-10-23(16)28-24(29)19(14-27)11-17-5-3-8-21(13-17)30-15-18-6-2-7-20(26)12-18/h2-13H,15H2,1H3,(H,28,29)/b19-11-. The van der Waals surface area contributed by atoms with Gasteiger partial charge in [-0.05, 0) is 66.1 Å². The van der Waals surface area contributed by atoms with Gasteiger partial charge >= 0.3 is 0 Å². The monoisotopic (exact) mass is 420 g/mol. The molecule has 0 aliphatic heterocycles. The summed E-state index contributed by atoms with van der Waals surface area (Å²) in [5.41, 5.74) is 2.53. The number of benzene rings is 3. The Balaban J connectivity index is 1.74. The molecule has 0 saturated carbocycles. The van der Waals surface area contributed by atoms with Crippen LogP contribution < -0.4 is 10.1 Å². The summed E-state index contributed by atoms with van der Waals surface area (Å²) in [4.78, 5) is 12.5. The molecule has 30 heavy (non-hydrogen) atoms. The van der Waals surface area contributed by atoms with Gasteiger partial charge < -0.3 is 10.1 Å². The van der Waals surface area contributed by atoms with Gasteiger partial charge in [-0.1, -0.05) is 41.9 Å². The van der Waals surface area contributed by atoms with Crippen molar-refractivity contribution in [3.8, 4) is 11.8 Å². The highest BCUT2D eigenvalue weighted by molar-refractivity contribution is 6.31. The first kappa shape index (κ1) is 21.1. The summed E-state index contributed by atoms with van der Waals surface area (Å²) in [6.07, 6.45) is 1.48. The van der Waals surface area contributed by atoms with Gasteiger partial charge in [-0.15, -0.1) is 0 Å². The molecule has 3 aromatic rings. The number of nitriles is 1. The lowest BCUT2D eigenvalue weighted by Crippen LogP contribution is -2.14. The maximum absolute atomic E-state index is 13.3. The minimum Gasteiger partial charge on any atom is -0.489 e. The van der Waals surface area contributed by atoms with Crippen molar-refractivity contribution >= 4 is 29.3 Å². The third kappa shape index (κ3) is 5.47. The number of carbonyl (C=O) groups is 1. The van der Waals surface area contributed by atoms with E-state index in [1.165, 1.54) is 18.2 Å². The van der Waals surface area contributed by atoms with E-state index in [9.17, 15) is 14.4 Å². The van der Waals surface area contributed by atoms with Crippen LogP contribution in [0, 0.1) is 24.1 Å². The molecule has 0 aliphatic carbocycles. The highest BCUT2D eigenvalue weighted by atomic mass is 35.5. The van der Waals surface area contributed by atoms with Gasteiger partial charge in [-0.2, -0.15) is 5.26 Å². The molecule has 0 bridgehead atoms. The zero-order chi connectivity index (χ0) is 21.5. The van der Waals surface area contributed by atoms with Crippen LogP contribution in [-0.2, 0) is 11.4 Å². The van der Waals surface area contributed by atoms with E-state index in [-0.39, 0.29) is 18.0 Å². The minimum absolute atomic E-state index is 0.0587. The molecule has 3 aromatic carbocycles. The molecule has 0 atom stereocenters. The Morgan fingerprint density at radius 1 is 1.17 bits per heavy atom. The number of ether oxygens (including phenoxy) is 1. The van der Waals surface area contributed by atoms with Crippen molar-refractivity contribution < 1.29 is 13.9 Å². The van der Waals surface area contributed by atoms with Crippen molar-refractivity contribution in [2.45, 2.75) is 13.5 Å². The molecule has 1 amide bonds. The van der Waals surface area contributed by atoms with Gasteiger partial charge in [0.1, 0.15) is 29.8 Å². The van der Waals surface area contributed by atoms with Crippen molar-refractivity contribution in [1.29, 1.82) is 5.26 Å². The van der Waals surface area contributed by atoms with Crippen LogP contribution in [0.5, 0.6) is 5.75 Å². The number of nitrogens with zero attached hydrogens (tertiary/aromatic N) is 1. The van der Waals surface area contributed by atoms with Crippen LogP contribution >= 0.6 is 11.6 Å². The first-order valence-electron chi connectivity index (χ1n) is 9.12. The summed E-state index contributed by atoms with van der Waals surface area (Å²) in [6.45, 7) is 1.98. The van der Waals surface area contributed by atoms with E-state index in [4.69, 9.17) is 16.3 Å². The summed E-state index contributed by atoms with van der Waals surface area (Å²) < 4.78 is 19.0. The smallest absolute Gasteiger partial charge is 0.266 e. The second kappa shape index (κ2) is 9.73. The van der Waals surface area contributed by atoms with Gasteiger partial charge in [0.15, 0.2) is 0 Å². The van der Waals surface area contributed by atoms with Crippen molar-refractivity contribution in [2.24, 2.45) is 0 Å². The molecule has 0 fully saturated rings. The number of rotatable bonds is 6. The second-order valence-corrected chi connectivity index (χ2v) is 6.93. The first-order valence-corrected chi connectivity index (χ1v) is 9.49. The molecule has 0 aromatic heterocycles. The Morgan fingerprint density at radius 2 is 1.93 bits per heavy atom. The van der Waals surface area contributed by atoms with Crippen LogP contribution in [0.15, 0.2) is 72.3 Å². The molecule has 0 unspecified atom stereocenters. The molecule has 0 radical (unpaired) electrons. The fourth-order valence-electron chi connectivity index (χ4n) is 2.74. The number of halogens is 2. The van der Waals surface area contributed by atoms with Crippen LogP contribution in [0.25, 0.3) is 6.08 Å². The Bertz CT molecular complexity index is 1150. The van der Waals surface area contributed by atoms with Gasteiger partial charge in [-0.3, -0.25) is 4.79 Å². The lowest BCUT2D eigenvalue weighted by Gasteiger charge is -2.09. The maximum atomic E-state index is 13.3. The Hall–Kier alpha value is -3.62. The van der Waals surface area contributed by atoms with E-state index >= 15 is 0 Å². The van der Waals surface area contributed by atoms with Crippen molar-refractivity contribution in [3.05, 3.63) is 99.8 Å². The number of anilines is 1. The molecular formula is C24H18ClFN2O2. The topological polar surface area (TPSA) is 62.1 Å². The second-order valence-electron chi connectivity index (χ2n) is 6.53. The molecule has 4 nitrogen and oxygen atoms in total. The Kier molecular flexibility index (Phi) is 6.84. The average Bonchev–Trinajstić information content (AvgIpc) is 2.74. The number of hydrogen-bond donors (Lipinski definition) is 1. The molecule has 6 heteroatoms. The van der Waals surface area contributed by atoms with E-state index in [1.807, 2.05) is 6.07 Å². The van der Waals surface area contributed by atoms with Gasteiger partial charge in [-0.25, -0.2) is 4.39 Å². The normalized spacial score (nSPS) is 10.9. The van der Waals surface area contributed by atoms with Crippen LogP contribution in [0.3, 0.4) is 0 Å². The minimum atomic E-state index is -0.533. The third-order valence-corrected chi connectivity index (χ3v) is 4.75. The van der Waals surface area contributed by atoms with E-state index in [0.717, 1.165) is 5.56 Å². The summed E-state index contributed by atoms with van der Waals surface area (Å²) >= 11 is 6.07. The third-order valence-electron chi connectivity index (χ3n) is 4.34. The highest BCUT2D eigenvalue weighted by Gasteiger charge is 2.12. The lowest BCUT2D eigenvalue weighted by molar-refractivity contribution is -0.112. The quantitative estimate of drug-likeness (QED) is 0.398. The van der Waals surface area contributed by atoms with Crippen LogP contribution in [-0.4, -0.2) is 5.91 Å². The first-order chi connectivity index (χ1) is 14.5. The van der Waals surface area contributed by atoms with E-state index < -0.39 is 5.91 Å². The summed E-state index contributed by atoms with van der Waals surface area (Å²) in [5, 5.41) is 12.7. The van der Waals surface area contributed by atoms with Crippen LogP contribution in [0.2, 0.25) is 5.02 Å². The lowest BCUT2D eigenvalue weighted by atomic mass is 10.1. The SMILES string of the molecule is Cc1c(Cl)cccc1NC(=O)/C(C#N)=C\c1cccc(OCc2cccc(F)c2)c1. The van der Waals surface area contributed by atoms with Gasteiger partial charge in [0.2, 0.25) is 0 Å². The molecule has 150 valence electrons. The number of amides is 1. The number of hydrogen-bond acceptors (Lipinski definition) is 3. The molecule has 1 N–H and O–H groups in total. The predicted molar refractivity (Wildman–Crippen MR) is 116 cm³/mol. The molecule has 0 aliphatic rings. The highest BCUT2D eigenvalue weighted by Crippen LogP contribution is 2.24. The zero-order valence-electron chi connectivity index (χ0n) is 16.2. The predicted octanol–water partition coefficient (Wildman–Crippen LogP) is 5.91. The summed E-state index contributed by atoms with van der Waals surface area (Å²) in [6, 6.07) is 20.2.